The average molecular weight is 352 g/mol. The maximum atomic E-state index is 12.3. The van der Waals surface area contributed by atoms with Crippen molar-refractivity contribution in [1.82, 2.24) is 4.98 Å². The Hall–Kier alpha value is -2.65. The third-order valence-electron chi connectivity index (χ3n) is 3.03. The maximum absolute atomic E-state index is 12.3. The summed E-state index contributed by atoms with van der Waals surface area (Å²) in [6, 6.07) is 2.61. The van der Waals surface area contributed by atoms with E-state index in [-0.39, 0.29) is 28.4 Å². The molecule has 0 bridgehead atoms. The van der Waals surface area contributed by atoms with Gasteiger partial charge in [-0.15, -0.1) is 11.3 Å². The van der Waals surface area contributed by atoms with Crippen LogP contribution in [0.1, 0.15) is 25.9 Å². The molecule has 1 heterocycles. The molecule has 128 valence electrons. The molecule has 0 fully saturated rings. The number of carbonyl (C=O) groups excluding carboxylic acids is 1. The number of anilines is 1. The minimum atomic E-state index is -1.15. The van der Waals surface area contributed by atoms with Crippen LogP contribution in [0, 0.1) is 0 Å². The van der Waals surface area contributed by atoms with Gasteiger partial charge >= 0.3 is 5.97 Å². The second-order valence-electron chi connectivity index (χ2n) is 4.58. The van der Waals surface area contributed by atoms with Gasteiger partial charge in [-0.05, 0) is 12.1 Å². The van der Waals surface area contributed by atoms with E-state index in [1.807, 2.05) is 0 Å². The number of methoxy groups -OCH3 is 3. The van der Waals surface area contributed by atoms with Crippen LogP contribution in [0.3, 0.4) is 0 Å². The van der Waals surface area contributed by atoms with Crippen LogP contribution in [0.2, 0.25) is 0 Å². The highest BCUT2D eigenvalue weighted by Gasteiger charge is 2.19. The fourth-order valence-electron chi connectivity index (χ4n) is 1.97. The standard InChI is InChI=1S/C15H16N2O6S/c1-21-6-12-16-10(7-24-12)14(18)17-9-4-8(15(19)20)5-11(22-2)13(9)23-3/h4-5,7H,6H2,1-3H3,(H,17,18)(H,19,20). The molecule has 2 N–H and O–H groups in total. The average Bonchev–Trinajstić information content (AvgIpc) is 3.03. The summed E-state index contributed by atoms with van der Waals surface area (Å²) in [5, 5.41) is 14.0. The van der Waals surface area contributed by atoms with Crippen molar-refractivity contribution in [2.45, 2.75) is 6.61 Å². The summed E-state index contributed by atoms with van der Waals surface area (Å²) in [5.74, 6) is -1.21. The third kappa shape index (κ3) is 3.81. The second-order valence-corrected chi connectivity index (χ2v) is 5.52. The quantitative estimate of drug-likeness (QED) is 0.787. The number of carbonyl (C=O) groups is 2. The van der Waals surface area contributed by atoms with Crippen LogP contribution in [-0.4, -0.2) is 43.3 Å². The lowest BCUT2D eigenvalue weighted by Crippen LogP contribution is -2.14. The molecule has 0 aliphatic carbocycles. The molecule has 24 heavy (non-hydrogen) atoms. The summed E-state index contributed by atoms with van der Waals surface area (Å²) in [4.78, 5) is 27.7. The van der Waals surface area contributed by atoms with E-state index in [0.717, 1.165) is 0 Å². The predicted molar refractivity (Wildman–Crippen MR) is 87.3 cm³/mol. The lowest BCUT2D eigenvalue weighted by Gasteiger charge is -2.14. The van der Waals surface area contributed by atoms with Crippen LogP contribution in [-0.2, 0) is 11.3 Å². The molecule has 0 spiro atoms. The van der Waals surface area contributed by atoms with Gasteiger partial charge in [0.15, 0.2) is 11.5 Å². The molecular formula is C15H16N2O6S. The minimum Gasteiger partial charge on any atom is -0.493 e. The van der Waals surface area contributed by atoms with Crippen LogP contribution in [0.25, 0.3) is 0 Å². The second kappa shape index (κ2) is 7.75. The van der Waals surface area contributed by atoms with Gasteiger partial charge in [0.05, 0.1) is 32.1 Å². The van der Waals surface area contributed by atoms with Crippen molar-refractivity contribution in [3.63, 3.8) is 0 Å². The van der Waals surface area contributed by atoms with Gasteiger partial charge in [-0.2, -0.15) is 0 Å². The molecule has 0 saturated carbocycles. The van der Waals surface area contributed by atoms with E-state index in [1.165, 1.54) is 44.8 Å². The Morgan fingerprint density at radius 1 is 1.25 bits per heavy atom. The Morgan fingerprint density at radius 2 is 2.00 bits per heavy atom. The Morgan fingerprint density at radius 3 is 2.58 bits per heavy atom. The first-order valence-corrected chi connectivity index (χ1v) is 7.62. The highest BCUT2D eigenvalue weighted by Crippen LogP contribution is 2.37. The molecule has 1 amide bonds. The van der Waals surface area contributed by atoms with E-state index in [9.17, 15) is 14.7 Å². The fraction of sp³-hybridized carbons (Fsp3) is 0.267. The molecule has 0 atom stereocenters. The van der Waals surface area contributed by atoms with Crippen molar-refractivity contribution in [1.29, 1.82) is 0 Å². The third-order valence-corrected chi connectivity index (χ3v) is 3.85. The summed E-state index contributed by atoms with van der Waals surface area (Å²) in [6.07, 6.45) is 0. The van der Waals surface area contributed by atoms with Crippen LogP contribution < -0.4 is 14.8 Å². The van der Waals surface area contributed by atoms with Crippen molar-refractivity contribution in [2.24, 2.45) is 0 Å². The van der Waals surface area contributed by atoms with Crippen LogP contribution in [0.15, 0.2) is 17.5 Å². The number of hydrogen-bond donors (Lipinski definition) is 2. The van der Waals surface area contributed by atoms with E-state index in [0.29, 0.717) is 11.6 Å². The first-order chi connectivity index (χ1) is 11.5. The van der Waals surface area contributed by atoms with Gasteiger partial charge in [0, 0.05) is 12.5 Å². The number of thiazole rings is 1. The van der Waals surface area contributed by atoms with Gasteiger partial charge in [0.1, 0.15) is 10.7 Å². The number of nitrogens with zero attached hydrogens (tertiary/aromatic N) is 1. The number of carboxylic acids is 1. The molecule has 2 aromatic rings. The zero-order valence-electron chi connectivity index (χ0n) is 13.3. The molecule has 2 rings (SSSR count). The van der Waals surface area contributed by atoms with Crippen molar-refractivity contribution >= 4 is 28.9 Å². The van der Waals surface area contributed by atoms with Crippen LogP contribution in [0.5, 0.6) is 11.5 Å². The number of carboxylic acid groups (broad SMARTS) is 1. The number of benzene rings is 1. The smallest absolute Gasteiger partial charge is 0.335 e. The van der Waals surface area contributed by atoms with Gasteiger partial charge in [0.25, 0.3) is 5.91 Å². The number of ether oxygens (including phenoxy) is 3. The van der Waals surface area contributed by atoms with Crippen molar-refractivity contribution in [2.75, 3.05) is 26.6 Å². The number of aromatic carboxylic acids is 1. The first-order valence-electron chi connectivity index (χ1n) is 6.74. The van der Waals surface area contributed by atoms with Crippen molar-refractivity contribution in [3.8, 4) is 11.5 Å². The normalized spacial score (nSPS) is 10.3. The molecule has 0 aliphatic heterocycles. The van der Waals surface area contributed by atoms with E-state index in [4.69, 9.17) is 14.2 Å². The van der Waals surface area contributed by atoms with Gasteiger partial charge in [-0.25, -0.2) is 9.78 Å². The number of nitrogens with one attached hydrogen (secondary N) is 1. The number of rotatable bonds is 7. The monoisotopic (exact) mass is 352 g/mol. The summed E-state index contributed by atoms with van der Waals surface area (Å²) in [5.41, 5.74) is 0.343. The highest BCUT2D eigenvalue weighted by atomic mass is 32.1. The first kappa shape index (κ1) is 17.7. The van der Waals surface area contributed by atoms with E-state index >= 15 is 0 Å². The van der Waals surface area contributed by atoms with E-state index < -0.39 is 11.9 Å². The zero-order valence-corrected chi connectivity index (χ0v) is 14.1. The molecule has 1 aromatic heterocycles. The Bertz CT molecular complexity index is 758. The van der Waals surface area contributed by atoms with Gasteiger partial charge in [0.2, 0.25) is 0 Å². The molecule has 0 radical (unpaired) electrons. The molecule has 0 unspecified atom stereocenters. The van der Waals surface area contributed by atoms with Gasteiger partial charge in [-0.3, -0.25) is 4.79 Å². The predicted octanol–water partition coefficient (Wildman–Crippen LogP) is 2.26. The largest absolute Gasteiger partial charge is 0.493 e. The Kier molecular flexibility index (Phi) is 5.72. The lowest BCUT2D eigenvalue weighted by molar-refractivity contribution is 0.0696. The number of hydrogen-bond acceptors (Lipinski definition) is 7. The number of amides is 1. The minimum absolute atomic E-state index is 0.0405. The molecule has 8 nitrogen and oxygen atoms in total. The van der Waals surface area contributed by atoms with Gasteiger partial charge < -0.3 is 24.6 Å². The summed E-state index contributed by atoms with van der Waals surface area (Å²) >= 11 is 1.29. The zero-order chi connectivity index (χ0) is 17.7. The van der Waals surface area contributed by atoms with Crippen molar-refractivity contribution in [3.05, 3.63) is 33.8 Å². The summed E-state index contributed by atoms with van der Waals surface area (Å²) < 4.78 is 15.3. The number of aromatic nitrogens is 1. The molecule has 1 aromatic carbocycles. The fourth-order valence-corrected chi connectivity index (χ4v) is 2.72. The molecule has 9 heteroatoms. The maximum Gasteiger partial charge on any atom is 0.335 e. The summed E-state index contributed by atoms with van der Waals surface area (Å²) in [6.45, 7) is 0.309. The van der Waals surface area contributed by atoms with Gasteiger partial charge in [-0.1, -0.05) is 0 Å². The molecule has 0 aliphatic rings. The van der Waals surface area contributed by atoms with Crippen LogP contribution in [0.4, 0.5) is 5.69 Å². The molecular weight excluding hydrogens is 336 g/mol. The highest BCUT2D eigenvalue weighted by molar-refractivity contribution is 7.09. The van der Waals surface area contributed by atoms with E-state index in [2.05, 4.69) is 10.3 Å². The lowest BCUT2D eigenvalue weighted by atomic mass is 10.1. The summed E-state index contributed by atoms with van der Waals surface area (Å²) in [7, 11) is 4.32. The van der Waals surface area contributed by atoms with Crippen molar-refractivity contribution < 1.29 is 28.9 Å². The SMILES string of the molecule is COCc1nc(C(=O)Nc2cc(C(=O)O)cc(OC)c2OC)cs1. The Balaban J connectivity index is 2.34. The van der Waals surface area contributed by atoms with E-state index in [1.54, 1.807) is 5.38 Å². The van der Waals surface area contributed by atoms with Crippen LogP contribution >= 0.6 is 11.3 Å². The molecule has 0 saturated heterocycles. The topological polar surface area (TPSA) is 107 Å². The Labute approximate surface area is 142 Å².